The Balaban J connectivity index is 2.87. The van der Waals surface area contributed by atoms with Gasteiger partial charge >= 0.3 is 0 Å². The first-order chi connectivity index (χ1) is 7.54. The fourth-order valence-electron chi connectivity index (χ4n) is 1.54. The van der Waals surface area contributed by atoms with E-state index in [1.807, 2.05) is 30.0 Å². The van der Waals surface area contributed by atoms with Crippen molar-refractivity contribution in [2.75, 3.05) is 24.6 Å². The molecular weight excluding hydrogens is 270 g/mol. The highest BCUT2D eigenvalue weighted by Crippen LogP contribution is 2.23. The third kappa shape index (κ3) is 3.77. The highest BCUT2D eigenvalue weighted by molar-refractivity contribution is 9.10. The SMILES string of the molecule is Cc1ccc(N(CCO)CC(C)O)cc1Br. The molecule has 0 aliphatic rings. The third-order valence-electron chi connectivity index (χ3n) is 2.38. The van der Waals surface area contributed by atoms with Crippen LogP contribution in [0.5, 0.6) is 0 Å². The van der Waals surface area contributed by atoms with Crippen molar-refractivity contribution >= 4 is 21.6 Å². The third-order valence-corrected chi connectivity index (χ3v) is 3.23. The molecule has 0 bridgehead atoms. The number of aliphatic hydroxyl groups excluding tert-OH is 2. The summed E-state index contributed by atoms with van der Waals surface area (Å²) in [5.41, 5.74) is 2.18. The zero-order chi connectivity index (χ0) is 12.1. The zero-order valence-corrected chi connectivity index (χ0v) is 11.2. The van der Waals surface area contributed by atoms with Crippen LogP contribution < -0.4 is 4.90 Å². The van der Waals surface area contributed by atoms with E-state index in [1.165, 1.54) is 5.56 Å². The maximum atomic E-state index is 9.40. The molecule has 3 nitrogen and oxygen atoms in total. The Morgan fingerprint density at radius 1 is 1.44 bits per heavy atom. The van der Waals surface area contributed by atoms with Gasteiger partial charge in [-0.05, 0) is 31.5 Å². The van der Waals surface area contributed by atoms with Crippen LogP contribution in [0.1, 0.15) is 12.5 Å². The molecule has 1 unspecified atom stereocenters. The van der Waals surface area contributed by atoms with Gasteiger partial charge in [-0.1, -0.05) is 22.0 Å². The molecule has 0 saturated heterocycles. The summed E-state index contributed by atoms with van der Waals surface area (Å²) in [6.45, 7) is 4.90. The van der Waals surface area contributed by atoms with Crippen LogP contribution in [-0.4, -0.2) is 36.0 Å². The number of rotatable bonds is 5. The van der Waals surface area contributed by atoms with Crippen LogP contribution in [0.3, 0.4) is 0 Å². The van der Waals surface area contributed by atoms with Crippen molar-refractivity contribution in [1.29, 1.82) is 0 Å². The highest BCUT2D eigenvalue weighted by atomic mass is 79.9. The van der Waals surface area contributed by atoms with Gasteiger partial charge in [0.2, 0.25) is 0 Å². The maximum absolute atomic E-state index is 9.40. The predicted molar refractivity (Wildman–Crippen MR) is 69.9 cm³/mol. The van der Waals surface area contributed by atoms with Gasteiger partial charge in [0.25, 0.3) is 0 Å². The van der Waals surface area contributed by atoms with Crippen molar-refractivity contribution in [2.45, 2.75) is 20.0 Å². The molecule has 0 amide bonds. The lowest BCUT2D eigenvalue weighted by atomic mass is 10.2. The summed E-state index contributed by atoms with van der Waals surface area (Å²) in [6.07, 6.45) is -0.411. The monoisotopic (exact) mass is 287 g/mol. The normalized spacial score (nSPS) is 12.6. The van der Waals surface area contributed by atoms with Crippen LogP contribution in [0.4, 0.5) is 5.69 Å². The molecule has 0 aromatic heterocycles. The molecule has 0 radical (unpaired) electrons. The minimum Gasteiger partial charge on any atom is -0.395 e. The van der Waals surface area contributed by atoms with E-state index in [0.717, 1.165) is 10.2 Å². The van der Waals surface area contributed by atoms with E-state index in [0.29, 0.717) is 13.1 Å². The lowest BCUT2D eigenvalue weighted by Crippen LogP contribution is -2.33. The predicted octanol–water partition coefficient (Wildman–Crippen LogP) is 1.94. The van der Waals surface area contributed by atoms with Gasteiger partial charge in [-0.2, -0.15) is 0 Å². The van der Waals surface area contributed by atoms with Crippen molar-refractivity contribution in [3.63, 3.8) is 0 Å². The van der Waals surface area contributed by atoms with Crippen LogP contribution in [0.25, 0.3) is 0 Å². The fourth-order valence-corrected chi connectivity index (χ4v) is 1.91. The summed E-state index contributed by atoms with van der Waals surface area (Å²) in [6, 6.07) is 6.03. The molecule has 2 N–H and O–H groups in total. The number of hydrogen-bond donors (Lipinski definition) is 2. The van der Waals surface area contributed by atoms with Gasteiger partial charge in [-0.15, -0.1) is 0 Å². The largest absolute Gasteiger partial charge is 0.395 e. The molecule has 0 aliphatic heterocycles. The lowest BCUT2D eigenvalue weighted by molar-refractivity contribution is 0.197. The number of aliphatic hydroxyl groups is 2. The summed E-state index contributed by atoms with van der Waals surface area (Å²) >= 11 is 3.48. The van der Waals surface area contributed by atoms with Crippen molar-refractivity contribution in [3.8, 4) is 0 Å². The van der Waals surface area contributed by atoms with Crippen LogP contribution in [0, 0.1) is 6.92 Å². The smallest absolute Gasteiger partial charge is 0.0687 e. The quantitative estimate of drug-likeness (QED) is 0.870. The first-order valence-electron chi connectivity index (χ1n) is 5.34. The van der Waals surface area contributed by atoms with Crippen molar-refractivity contribution < 1.29 is 10.2 Å². The van der Waals surface area contributed by atoms with Crippen LogP contribution in [0.2, 0.25) is 0 Å². The van der Waals surface area contributed by atoms with Gasteiger partial charge in [-0.25, -0.2) is 0 Å². The second kappa shape index (κ2) is 6.23. The molecule has 0 spiro atoms. The van der Waals surface area contributed by atoms with E-state index in [4.69, 9.17) is 5.11 Å². The Morgan fingerprint density at radius 3 is 2.62 bits per heavy atom. The van der Waals surface area contributed by atoms with E-state index in [9.17, 15) is 5.11 Å². The summed E-state index contributed by atoms with van der Waals surface area (Å²) in [5, 5.41) is 18.4. The first kappa shape index (κ1) is 13.5. The van der Waals surface area contributed by atoms with E-state index in [1.54, 1.807) is 6.92 Å². The van der Waals surface area contributed by atoms with Crippen LogP contribution in [-0.2, 0) is 0 Å². The summed E-state index contributed by atoms with van der Waals surface area (Å²) < 4.78 is 1.04. The van der Waals surface area contributed by atoms with Gasteiger partial charge in [0.1, 0.15) is 0 Å². The Morgan fingerprint density at radius 2 is 2.12 bits per heavy atom. The van der Waals surface area contributed by atoms with Crippen molar-refractivity contribution in [2.24, 2.45) is 0 Å². The second-order valence-corrected chi connectivity index (χ2v) is 4.81. The zero-order valence-electron chi connectivity index (χ0n) is 9.65. The van der Waals surface area contributed by atoms with Crippen LogP contribution in [0.15, 0.2) is 22.7 Å². The average molecular weight is 288 g/mol. The molecule has 0 aliphatic carbocycles. The number of aryl methyl sites for hydroxylation is 1. The first-order valence-corrected chi connectivity index (χ1v) is 6.14. The number of anilines is 1. The number of halogens is 1. The molecule has 1 aromatic carbocycles. The summed E-state index contributed by atoms with van der Waals surface area (Å²) in [4.78, 5) is 1.97. The molecule has 0 fully saturated rings. The van der Waals surface area contributed by atoms with Gasteiger partial charge < -0.3 is 15.1 Å². The lowest BCUT2D eigenvalue weighted by Gasteiger charge is -2.25. The van der Waals surface area contributed by atoms with Crippen molar-refractivity contribution in [3.05, 3.63) is 28.2 Å². The fraction of sp³-hybridized carbons (Fsp3) is 0.500. The van der Waals surface area contributed by atoms with Crippen LogP contribution >= 0.6 is 15.9 Å². The van der Waals surface area contributed by atoms with Gasteiger partial charge in [0.15, 0.2) is 0 Å². The van der Waals surface area contributed by atoms with Crippen molar-refractivity contribution in [1.82, 2.24) is 0 Å². The Labute approximate surface area is 105 Å². The topological polar surface area (TPSA) is 43.7 Å². The highest BCUT2D eigenvalue weighted by Gasteiger charge is 2.09. The van der Waals surface area contributed by atoms with E-state index < -0.39 is 6.10 Å². The van der Waals surface area contributed by atoms with E-state index in [-0.39, 0.29) is 6.61 Å². The minimum absolute atomic E-state index is 0.0816. The second-order valence-electron chi connectivity index (χ2n) is 3.95. The average Bonchev–Trinajstić information content (AvgIpc) is 2.21. The molecule has 1 aromatic rings. The van der Waals surface area contributed by atoms with E-state index >= 15 is 0 Å². The number of nitrogens with zero attached hydrogens (tertiary/aromatic N) is 1. The molecule has 0 saturated carbocycles. The molecule has 4 heteroatoms. The maximum Gasteiger partial charge on any atom is 0.0687 e. The Bertz CT molecular complexity index is 342. The number of benzene rings is 1. The van der Waals surface area contributed by atoms with E-state index in [2.05, 4.69) is 15.9 Å². The molecule has 90 valence electrons. The minimum atomic E-state index is -0.411. The van der Waals surface area contributed by atoms with Gasteiger partial charge in [0, 0.05) is 23.2 Å². The molecule has 16 heavy (non-hydrogen) atoms. The Kier molecular flexibility index (Phi) is 5.25. The number of hydrogen-bond acceptors (Lipinski definition) is 3. The van der Waals surface area contributed by atoms with Gasteiger partial charge in [-0.3, -0.25) is 0 Å². The summed E-state index contributed by atoms with van der Waals surface area (Å²) in [5.74, 6) is 0. The summed E-state index contributed by atoms with van der Waals surface area (Å²) in [7, 11) is 0. The molecular formula is C12H18BrNO2. The molecule has 1 rings (SSSR count). The van der Waals surface area contributed by atoms with Gasteiger partial charge in [0.05, 0.1) is 12.7 Å². The standard InChI is InChI=1S/C12H18BrNO2/c1-9-3-4-11(7-12(9)13)14(5-6-15)8-10(2)16/h3-4,7,10,15-16H,5-6,8H2,1-2H3. The molecule has 1 atom stereocenters. The molecule has 0 heterocycles. The Hall–Kier alpha value is -0.580.